The highest BCUT2D eigenvalue weighted by Gasteiger charge is 2.33. The Kier molecular flexibility index (Phi) is 6.50. The minimum Gasteiger partial charge on any atom is -0.378 e. The molecule has 1 aromatic carbocycles. The lowest BCUT2D eigenvalue weighted by Crippen LogP contribution is -2.51. The summed E-state index contributed by atoms with van der Waals surface area (Å²) in [7, 11) is 0. The van der Waals surface area contributed by atoms with Crippen molar-refractivity contribution in [1.82, 2.24) is 14.7 Å². The number of benzene rings is 1. The Bertz CT molecular complexity index is 699. The van der Waals surface area contributed by atoms with E-state index < -0.39 is 0 Å². The van der Waals surface area contributed by atoms with Crippen molar-refractivity contribution >= 4 is 11.8 Å². The number of nitrogens with zero attached hydrogens (tertiary/aromatic N) is 3. The van der Waals surface area contributed by atoms with Gasteiger partial charge in [-0.2, -0.15) is 0 Å². The second-order valence-corrected chi connectivity index (χ2v) is 8.64. The largest absolute Gasteiger partial charge is 0.378 e. The van der Waals surface area contributed by atoms with E-state index in [1.807, 2.05) is 41.0 Å². The molecule has 158 valence electrons. The standard InChI is InChI=1S/C23H33N3O3/c1-18-2-4-19(5-3-18)22(27)25-12-8-21(9-13-25)24-10-6-20(7-11-24)23(28)26-14-16-29-17-15-26/h2-5,20-21H,6-17H2,1H3. The first kappa shape index (κ1) is 20.4. The number of ether oxygens (including phenoxy) is 1. The fourth-order valence-electron chi connectivity index (χ4n) is 4.87. The molecule has 0 bridgehead atoms. The quantitative estimate of drug-likeness (QED) is 0.782. The normalized spacial score (nSPS) is 22.7. The Morgan fingerprint density at radius 3 is 2.07 bits per heavy atom. The molecule has 3 saturated heterocycles. The number of amides is 2. The number of morpholine rings is 1. The van der Waals surface area contributed by atoms with Gasteiger partial charge in [0.25, 0.3) is 5.91 Å². The average Bonchev–Trinajstić information content (AvgIpc) is 2.79. The van der Waals surface area contributed by atoms with Gasteiger partial charge in [-0.3, -0.25) is 9.59 Å². The van der Waals surface area contributed by atoms with Gasteiger partial charge in [0.05, 0.1) is 13.2 Å². The lowest BCUT2D eigenvalue weighted by molar-refractivity contribution is -0.141. The molecule has 0 saturated carbocycles. The number of carbonyl (C=O) groups excluding carboxylic acids is 2. The van der Waals surface area contributed by atoms with Crippen LogP contribution in [0.3, 0.4) is 0 Å². The van der Waals surface area contributed by atoms with Crippen molar-refractivity contribution in [2.75, 3.05) is 52.5 Å². The monoisotopic (exact) mass is 399 g/mol. The number of piperidine rings is 2. The Morgan fingerprint density at radius 1 is 0.828 bits per heavy atom. The van der Waals surface area contributed by atoms with E-state index in [1.165, 1.54) is 5.56 Å². The first-order valence-electron chi connectivity index (χ1n) is 11.1. The highest BCUT2D eigenvalue weighted by Crippen LogP contribution is 2.26. The van der Waals surface area contributed by atoms with Crippen LogP contribution in [0.2, 0.25) is 0 Å². The molecule has 0 aromatic heterocycles. The van der Waals surface area contributed by atoms with Crippen LogP contribution >= 0.6 is 0 Å². The van der Waals surface area contributed by atoms with E-state index in [-0.39, 0.29) is 11.8 Å². The molecule has 2 amide bonds. The summed E-state index contributed by atoms with van der Waals surface area (Å²) < 4.78 is 5.36. The molecule has 4 rings (SSSR count). The maximum atomic E-state index is 12.7. The summed E-state index contributed by atoms with van der Waals surface area (Å²) in [4.78, 5) is 32.0. The van der Waals surface area contributed by atoms with Gasteiger partial charge in [0.1, 0.15) is 0 Å². The summed E-state index contributed by atoms with van der Waals surface area (Å²) >= 11 is 0. The minimum absolute atomic E-state index is 0.151. The lowest BCUT2D eigenvalue weighted by Gasteiger charge is -2.42. The lowest BCUT2D eigenvalue weighted by atomic mass is 9.92. The third-order valence-corrected chi connectivity index (χ3v) is 6.77. The van der Waals surface area contributed by atoms with Crippen molar-refractivity contribution in [2.45, 2.75) is 38.6 Å². The molecule has 0 aliphatic carbocycles. The Balaban J connectivity index is 1.23. The summed E-state index contributed by atoms with van der Waals surface area (Å²) in [5.74, 6) is 0.650. The number of aryl methyl sites for hydroxylation is 1. The Labute approximate surface area is 173 Å². The molecule has 0 spiro atoms. The highest BCUT2D eigenvalue weighted by atomic mass is 16.5. The van der Waals surface area contributed by atoms with Gasteiger partial charge < -0.3 is 19.4 Å². The van der Waals surface area contributed by atoms with Crippen molar-refractivity contribution < 1.29 is 14.3 Å². The van der Waals surface area contributed by atoms with Gasteiger partial charge >= 0.3 is 0 Å². The SMILES string of the molecule is Cc1ccc(C(=O)N2CCC(N3CCC(C(=O)N4CCOCC4)CC3)CC2)cc1. The first-order chi connectivity index (χ1) is 14.1. The number of likely N-dealkylation sites (tertiary alicyclic amines) is 2. The van der Waals surface area contributed by atoms with Gasteiger partial charge in [-0.25, -0.2) is 0 Å². The third-order valence-electron chi connectivity index (χ3n) is 6.77. The zero-order chi connectivity index (χ0) is 20.2. The fraction of sp³-hybridized carbons (Fsp3) is 0.652. The average molecular weight is 400 g/mol. The zero-order valence-corrected chi connectivity index (χ0v) is 17.5. The van der Waals surface area contributed by atoms with Gasteiger partial charge in [-0.05, 0) is 57.8 Å². The van der Waals surface area contributed by atoms with E-state index >= 15 is 0 Å². The predicted octanol–water partition coefficient (Wildman–Crippen LogP) is 2.17. The van der Waals surface area contributed by atoms with Crippen LogP contribution in [0.25, 0.3) is 0 Å². The highest BCUT2D eigenvalue weighted by molar-refractivity contribution is 5.94. The van der Waals surface area contributed by atoms with Crippen LogP contribution in [0.4, 0.5) is 0 Å². The van der Waals surface area contributed by atoms with Crippen LogP contribution < -0.4 is 0 Å². The molecular weight excluding hydrogens is 366 g/mol. The van der Waals surface area contributed by atoms with Gasteiger partial charge in [-0.15, -0.1) is 0 Å². The van der Waals surface area contributed by atoms with E-state index in [4.69, 9.17) is 4.74 Å². The summed E-state index contributed by atoms with van der Waals surface area (Å²) in [5, 5.41) is 0. The molecule has 3 fully saturated rings. The van der Waals surface area contributed by atoms with Crippen LogP contribution in [-0.4, -0.2) is 85.0 Å². The number of rotatable bonds is 3. The van der Waals surface area contributed by atoms with Crippen LogP contribution in [-0.2, 0) is 9.53 Å². The number of carbonyl (C=O) groups is 2. The smallest absolute Gasteiger partial charge is 0.253 e. The molecule has 6 nitrogen and oxygen atoms in total. The molecule has 29 heavy (non-hydrogen) atoms. The topological polar surface area (TPSA) is 53.1 Å². The summed E-state index contributed by atoms with van der Waals surface area (Å²) in [6, 6.07) is 8.40. The molecule has 3 aliphatic rings. The molecular formula is C23H33N3O3. The number of hydrogen-bond donors (Lipinski definition) is 0. The third kappa shape index (κ3) is 4.81. The van der Waals surface area contributed by atoms with Crippen molar-refractivity contribution in [3.05, 3.63) is 35.4 Å². The van der Waals surface area contributed by atoms with Crippen LogP contribution in [0.5, 0.6) is 0 Å². The number of hydrogen-bond acceptors (Lipinski definition) is 4. The molecule has 3 aliphatic heterocycles. The molecule has 1 aromatic rings. The predicted molar refractivity (Wildman–Crippen MR) is 112 cm³/mol. The van der Waals surface area contributed by atoms with Crippen LogP contribution in [0.1, 0.15) is 41.6 Å². The Morgan fingerprint density at radius 2 is 1.45 bits per heavy atom. The van der Waals surface area contributed by atoms with Crippen molar-refractivity contribution in [1.29, 1.82) is 0 Å². The summed E-state index contributed by atoms with van der Waals surface area (Å²) in [6.45, 7) is 8.51. The van der Waals surface area contributed by atoms with Gasteiger partial charge in [0.2, 0.25) is 5.91 Å². The van der Waals surface area contributed by atoms with Gasteiger partial charge in [-0.1, -0.05) is 17.7 Å². The van der Waals surface area contributed by atoms with Crippen molar-refractivity contribution in [3.8, 4) is 0 Å². The van der Waals surface area contributed by atoms with Crippen LogP contribution in [0, 0.1) is 12.8 Å². The molecule has 0 N–H and O–H groups in total. The van der Waals surface area contributed by atoms with E-state index in [9.17, 15) is 9.59 Å². The van der Waals surface area contributed by atoms with E-state index in [2.05, 4.69) is 4.90 Å². The van der Waals surface area contributed by atoms with Crippen LogP contribution in [0.15, 0.2) is 24.3 Å². The second kappa shape index (κ2) is 9.26. The molecule has 6 heteroatoms. The summed E-state index contributed by atoms with van der Waals surface area (Å²) in [6.07, 6.45) is 3.97. The summed E-state index contributed by atoms with van der Waals surface area (Å²) in [5.41, 5.74) is 1.97. The van der Waals surface area contributed by atoms with Crippen molar-refractivity contribution in [2.24, 2.45) is 5.92 Å². The molecule has 0 radical (unpaired) electrons. The minimum atomic E-state index is 0.151. The molecule has 0 atom stereocenters. The van der Waals surface area contributed by atoms with E-state index in [1.54, 1.807) is 0 Å². The fourth-order valence-corrected chi connectivity index (χ4v) is 4.87. The van der Waals surface area contributed by atoms with Crippen molar-refractivity contribution in [3.63, 3.8) is 0 Å². The first-order valence-corrected chi connectivity index (χ1v) is 11.1. The maximum absolute atomic E-state index is 12.7. The zero-order valence-electron chi connectivity index (χ0n) is 17.5. The van der Waals surface area contributed by atoms with Gasteiger partial charge in [0, 0.05) is 43.7 Å². The van der Waals surface area contributed by atoms with Gasteiger partial charge in [0.15, 0.2) is 0 Å². The van der Waals surface area contributed by atoms with E-state index in [0.717, 1.165) is 70.5 Å². The van der Waals surface area contributed by atoms with E-state index in [0.29, 0.717) is 25.2 Å². The molecule has 3 heterocycles. The molecule has 0 unspecified atom stereocenters. The Hall–Kier alpha value is -1.92. The second-order valence-electron chi connectivity index (χ2n) is 8.64. The maximum Gasteiger partial charge on any atom is 0.253 e.